The standard InChI is InChI=1S/C8H17NO5/c1-2-9-3-5(11)7(13)8(14)6(12)4-10/h3,5-8,10-14H,2,4H2,1H3/t5-,6+,7+,8+/m0/s1. The number of hydrogen-bond acceptors (Lipinski definition) is 6. The zero-order valence-electron chi connectivity index (χ0n) is 7.98. The molecule has 0 aliphatic carbocycles. The van der Waals surface area contributed by atoms with Crippen LogP contribution in [0, 0.1) is 0 Å². The second-order valence-corrected chi connectivity index (χ2v) is 2.87. The van der Waals surface area contributed by atoms with Crippen molar-refractivity contribution in [1.82, 2.24) is 0 Å². The van der Waals surface area contributed by atoms with Crippen molar-refractivity contribution in [2.75, 3.05) is 13.2 Å². The Morgan fingerprint density at radius 3 is 2.14 bits per heavy atom. The summed E-state index contributed by atoms with van der Waals surface area (Å²) >= 11 is 0. The zero-order chi connectivity index (χ0) is 11.1. The van der Waals surface area contributed by atoms with Gasteiger partial charge in [-0.05, 0) is 6.92 Å². The molecule has 0 heterocycles. The summed E-state index contributed by atoms with van der Waals surface area (Å²) in [5.74, 6) is 0. The number of nitrogens with zero attached hydrogens (tertiary/aromatic N) is 1. The third-order valence-corrected chi connectivity index (χ3v) is 1.72. The molecule has 6 heteroatoms. The summed E-state index contributed by atoms with van der Waals surface area (Å²) in [6, 6.07) is 0. The fraction of sp³-hybridized carbons (Fsp3) is 0.875. The Morgan fingerprint density at radius 2 is 1.71 bits per heavy atom. The smallest absolute Gasteiger partial charge is 0.117 e. The highest BCUT2D eigenvalue weighted by Gasteiger charge is 2.28. The van der Waals surface area contributed by atoms with Crippen LogP contribution in [0.4, 0.5) is 0 Å². The summed E-state index contributed by atoms with van der Waals surface area (Å²) < 4.78 is 0. The topological polar surface area (TPSA) is 114 Å². The summed E-state index contributed by atoms with van der Waals surface area (Å²) in [6.07, 6.45) is -4.91. The van der Waals surface area contributed by atoms with Crippen molar-refractivity contribution in [3.05, 3.63) is 0 Å². The van der Waals surface area contributed by atoms with Crippen molar-refractivity contribution >= 4 is 6.21 Å². The molecule has 6 nitrogen and oxygen atoms in total. The molecule has 0 aliphatic heterocycles. The Bertz CT molecular complexity index is 175. The van der Waals surface area contributed by atoms with Crippen LogP contribution in [0.1, 0.15) is 6.92 Å². The van der Waals surface area contributed by atoms with Crippen LogP contribution in [0.25, 0.3) is 0 Å². The SMILES string of the molecule is CCN=C[C@H](O)[C@@H](O)[C@H](O)[C@H](O)CO. The third kappa shape index (κ3) is 4.12. The van der Waals surface area contributed by atoms with Crippen molar-refractivity contribution in [3.63, 3.8) is 0 Å². The Labute approximate surface area is 82.2 Å². The molecule has 0 aliphatic rings. The Morgan fingerprint density at radius 1 is 1.14 bits per heavy atom. The fourth-order valence-corrected chi connectivity index (χ4v) is 0.839. The molecular formula is C8H17NO5. The zero-order valence-corrected chi connectivity index (χ0v) is 7.98. The minimum absolute atomic E-state index is 0.447. The molecule has 0 saturated carbocycles. The summed E-state index contributed by atoms with van der Waals surface area (Å²) in [4.78, 5) is 3.67. The molecule has 0 aromatic carbocycles. The van der Waals surface area contributed by atoms with Gasteiger partial charge in [-0.3, -0.25) is 4.99 Å². The number of aliphatic hydroxyl groups excluding tert-OH is 5. The van der Waals surface area contributed by atoms with Gasteiger partial charge in [-0.1, -0.05) is 0 Å². The van der Waals surface area contributed by atoms with Crippen LogP contribution in [0.15, 0.2) is 4.99 Å². The van der Waals surface area contributed by atoms with Crippen molar-refractivity contribution in [3.8, 4) is 0 Å². The highest BCUT2D eigenvalue weighted by atomic mass is 16.4. The van der Waals surface area contributed by atoms with E-state index in [0.29, 0.717) is 6.54 Å². The lowest BCUT2D eigenvalue weighted by Crippen LogP contribution is -2.46. The molecule has 5 N–H and O–H groups in total. The van der Waals surface area contributed by atoms with Gasteiger partial charge < -0.3 is 25.5 Å². The van der Waals surface area contributed by atoms with Gasteiger partial charge in [-0.2, -0.15) is 0 Å². The third-order valence-electron chi connectivity index (χ3n) is 1.72. The lowest BCUT2D eigenvalue weighted by Gasteiger charge is -2.23. The molecule has 0 amide bonds. The van der Waals surface area contributed by atoms with Gasteiger partial charge in [0.15, 0.2) is 0 Å². The highest BCUT2D eigenvalue weighted by Crippen LogP contribution is 2.03. The maximum absolute atomic E-state index is 9.25. The van der Waals surface area contributed by atoms with Gasteiger partial charge in [0.05, 0.1) is 6.61 Å². The van der Waals surface area contributed by atoms with E-state index in [1.165, 1.54) is 0 Å². The van der Waals surface area contributed by atoms with E-state index in [0.717, 1.165) is 6.21 Å². The predicted octanol–water partition coefficient (Wildman–Crippen LogP) is -2.49. The fourth-order valence-electron chi connectivity index (χ4n) is 0.839. The molecule has 0 radical (unpaired) electrons. The van der Waals surface area contributed by atoms with E-state index < -0.39 is 31.0 Å². The first-order valence-corrected chi connectivity index (χ1v) is 4.37. The minimum Gasteiger partial charge on any atom is -0.394 e. The van der Waals surface area contributed by atoms with Gasteiger partial charge in [-0.25, -0.2) is 0 Å². The monoisotopic (exact) mass is 207 g/mol. The molecule has 0 fully saturated rings. The summed E-state index contributed by atoms with van der Waals surface area (Å²) in [7, 11) is 0. The predicted molar refractivity (Wildman–Crippen MR) is 50.1 cm³/mol. The van der Waals surface area contributed by atoms with Gasteiger partial charge >= 0.3 is 0 Å². The molecule has 84 valence electrons. The van der Waals surface area contributed by atoms with E-state index >= 15 is 0 Å². The molecular weight excluding hydrogens is 190 g/mol. The lowest BCUT2D eigenvalue weighted by molar-refractivity contribution is -0.0999. The Hall–Kier alpha value is -0.530. The minimum atomic E-state index is -1.60. The van der Waals surface area contributed by atoms with Gasteiger partial charge in [0.1, 0.15) is 24.4 Å². The van der Waals surface area contributed by atoms with Gasteiger partial charge in [0, 0.05) is 12.8 Å². The van der Waals surface area contributed by atoms with Crippen molar-refractivity contribution < 1.29 is 25.5 Å². The van der Waals surface area contributed by atoms with E-state index in [2.05, 4.69) is 4.99 Å². The van der Waals surface area contributed by atoms with Crippen molar-refractivity contribution in [2.24, 2.45) is 4.99 Å². The van der Waals surface area contributed by atoms with E-state index in [9.17, 15) is 15.3 Å². The van der Waals surface area contributed by atoms with E-state index in [4.69, 9.17) is 10.2 Å². The van der Waals surface area contributed by atoms with E-state index in [-0.39, 0.29) is 0 Å². The normalized spacial score (nSPS) is 20.7. The van der Waals surface area contributed by atoms with E-state index in [1.54, 1.807) is 6.92 Å². The molecule has 0 saturated heterocycles. The number of hydrogen-bond donors (Lipinski definition) is 5. The van der Waals surface area contributed by atoms with Crippen LogP contribution in [0.5, 0.6) is 0 Å². The highest BCUT2D eigenvalue weighted by molar-refractivity contribution is 5.63. The van der Waals surface area contributed by atoms with E-state index in [1.807, 2.05) is 0 Å². The van der Waals surface area contributed by atoms with Crippen LogP contribution in [-0.4, -0.2) is 69.3 Å². The number of aliphatic hydroxyl groups is 5. The van der Waals surface area contributed by atoms with Crippen LogP contribution in [-0.2, 0) is 0 Å². The van der Waals surface area contributed by atoms with Gasteiger partial charge in [0.25, 0.3) is 0 Å². The largest absolute Gasteiger partial charge is 0.394 e. The molecule has 0 bridgehead atoms. The van der Waals surface area contributed by atoms with Crippen LogP contribution in [0.2, 0.25) is 0 Å². The molecule has 14 heavy (non-hydrogen) atoms. The van der Waals surface area contributed by atoms with Crippen LogP contribution >= 0.6 is 0 Å². The number of aliphatic imine (C=N–C) groups is 1. The Balaban J connectivity index is 4.15. The summed E-state index contributed by atoms with van der Waals surface area (Å²) in [6.45, 7) is 1.51. The van der Waals surface area contributed by atoms with Crippen molar-refractivity contribution in [2.45, 2.75) is 31.3 Å². The Kier molecular flexibility index (Phi) is 6.60. The first-order chi connectivity index (χ1) is 6.54. The van der Waals surface area contributed by atoms with Crippen LogP contribution < -0.4 is 0 Å². The van der Waals surface area contributed by atoms with Gasteiger partial charge in [-0.15, -0.1) is 0 Å². The molecule has 0 rings (SSSR count). The maximum Gasteiger partial charge on any atom is 0.117 e. The number of rotatable bonds is 6. The van der Waals surface area contributed by atoms with Crippen molar-refractivity contribution in [1.29, 1.82) is 0 Å². The molecule has 0 spiro atoms. The molecule has 0 unspecified atom stereocenters. The lowest BCUT2D eigenvalue weighted by atomic mass is 10.0. The second kappa shape index (κ2) is 6.86. The second-order valence-electron chi connectivity index (χ2n) is 2.87. The summed E-state index contributed by atoms with van der Waals surface area (Å²) in [5, 5.41) is 45.1. The first-order valence-electron chi connectivity index (χ1n) is 4.37. The quantitative estimate of drug-likeness (QED) is 0.309. The average Bonchev–Trinajstić information content (AvgIpc) is 2.22. The van der Waals surface area contributed by atoms with Gasteiger partial charge in [0.2, 0.25) is 0 Å². The molecule has 0 aromatic rings. The van der Waals surface area contributed by atoms with Crippen LogP contribution in [0.3, 0.4) is 0 Å². The summed E-state index contributed by atoms with van der Waals surface area (Å²) in [5.41, 5.74) is 0. The maximum atomic E-state index is 9.25. The molecule has 4 atom stereocenters. The molecule has 0 aromatic heterocycles. The average molecular weight is 207 g/mol. The first kappa shape index (κ1) is 13.5.